The second kappa shape index (κ2) is 10.5. The lowest BCUT2D eigenvalue weighted by atomic mass is 9.88. The van der Waals surface area contributed by atoms with E-state index in [0.29, 0.717) is 12.1 Å². The summed E-state index contributed by atoms with van der Waals surface area (Å²) in [5, 5.41) is 29.6. The molecule has 0 saturated carbocycles. The second-order valence-electron chi connectivity index (χ2n) is 10.8. The molecule has 1 aromatic rings. The average molecular weight is 511 g/mol. The van der Waals surface area contributed by atoms with Crippen LogP contribution in [0.4, 0.5) is 8.78 Å². The minimum atomic E-state index is -1.24. The number of nitrogens with zero attached hydrogens (tertiary/aromatic N) is 1. The van der Waals surface area contributed by atoms with E-state index in [1.54, 1.807) is 0 Å². The lowest BCUT2D eigenvalue weighted by Gasteiger charge is -2.50. The van der Waals surface area contributed by atoms with Crippen molar-refractivity contribution >= 4 is 0 Å². The van der Waals surface area contributed by atoms with Crippen LogP contribution in [-0.2, 0) is 15.9 Å². The van der Waals surface area contributed by atoms with Crippen molar-refractivity contribution in [1.29, 1.82) is 0 Å². The highest BCUT2D eigenvalue weighted by Crippen LogP contribution is 2.42. The zero-order chi connectivity index (χ0) is 25.6. The number of nitrogens with one attached hydrogen (secondary N) is 2. The number of hydrogen-bond donors (Lipinski definition) is 5. The number of ether oxygens (including phenoxy) is 2. The number of hydrogen-bond acceptors (Lipinski definition) is 8. The van der Waals surface area contributed by atoms with Crippen molar-refractivity contribution in [1.82, 2.24) is 15.5 Å². The van der Waals surface area contributed by atoms with E-state index in [9.17, 15) is 19.0 Å². The van der Waals surface area contributed by atoms with E-state index in [1.165, 1.54) is 6.07 Å². The van der Waals surface area contributed by atoms with Gasteiger partial charge in [-0.15, -0.1) is 0 Å². The topological polar surface area (TPSA) is 112 Å². The molecule has 0 radical (unpaired) electrons. The number of aliphatic hydroxyl groups excluding tert-OH is 2. The highest BCUT2D eigenvalue weighted by atomic mass is 19.2. The van der Waals surface area contributed by atoms with Gasteiger partial charge in [-0.1, -0.05) is 39.2 Å². The molecule has 1 aromatic carbocycles. The Hall–Kier alpha value is -1.24. The van der Waals surface area contributed by atoms with Crippen LogP contribution < -0.4 is 16.4 Å². The molecule has 202 valence electrons. The van der Waals surface area contributed by atoms with Crippen molar-refractivity contribution in [3.05, 3.63) is 34.9 Å². The van der Waals surface area contributed by atoms with E-state index in [-0.39, 0.29) is 42.5 Å². The molecule has 0 aliphatic carbocycles. The normalized spacial score (nSPS) is 40.9. The van der Waals surface area contributed by atoms with Crippen LogP contribution in [0.3, 0.4) is 0 Å². The van der Waals surface area contributed by atoms with Crippen molar-refractivity contribution in [3.8, 4) is 0 Å². The third kappa shape index (κ3) is 4.49. The summed E-state index contributed by atoms with van der Waals surface area (Å²) in [6.45, 7) is 5.15. The Kier molecular flexibility index (Phi) is 7.69. The SMILES string of the molecule is CCCCC1(CCC)NC(N)C2CCN([C@@H]3O[C@H]([C@@H]4OCCc5c4ccc(F)c5F)[C@@H](O)[C@H]3O)C2N1. The number of rotatable bonds is 7. The van der Waals surface area contributed by atoms with Crippen molar-refractivity contribution in [2.24, 2.45) is 11.7 Å². The van der Waals surface area contributed by atoms with Crippen LogP contribution in [0.5, 0.6) is 0 Å². The predicted octanol–water partition coefficient (Wildman–Crippen LogP) is 1.84. The Labute approximate surface area is 211 Å². The van der Waals surface area contributed by atoms with Gasteiger partial charge >= 0.3 is 0 Å². The number of fused-ring (bicyclic) bond motifs is 2. The Balaban J connectivity index is 1.38. The fourth-order valence-electron chi connectivity index (χ4n) is 6.75. The van der Waals surface area contributed by atoms with Gasteiger partial charge in [0, 0.05) is 12.5 Å². The molecule has 4 unspecified atom stereocenters. The Morgan fingerprint density at radius 1 is 1.14 bits per heavy atom. The van der Waals surface area contributed by atoms with Gasteiger partial charge in [-0.05, 0) is 42.9 Å². The van der Waals surface area contributed by atoms with E-state index in [1.807, 2.05) is 0 Å². The van der Waals surface area contributed by atoms with E-state index in [2.05, 4.69) is 29.4 Å². The van der Waals surface area contributed by atoms with Crippen LogP contribution in [0.15, 0.2) is 12.1 Å². The first-order valence-corrected chi connectivity index (χ1v) is 13.5. The fourth-order valence-corrected chi connectivity index (χ4v) is 6.75. The number of benzene rings is 1. The van der Waals surface area contributed by atoms with Crippen LogP contribution in [0.1, 0.15) is 69.6 Å². The molecule has 4 aliphatic rings. The molecule has 36 heavy (non-hydrogen) atoms. The second-order valence-corrected chi connectivity index (χ2v) is 10.8. The minimum Gasteiger partial charge on any atom is -0.387 e. The number of likely N-dealkylation sites (tertiary alicyclic amines) is 1. The maximum atomic E-state index is 14.5. The summed E-state index contributed by atoms with van der Waals surface area (Å²) >= 11 is 0. The predicted molar refractivity (Wildman–Crippen MR) is 129 cm³/mol. The van der Waals surface area contributed by atoms with Crippen molar-refractivity contribution in [2.75, 3.05) is 13.2 Å². The Morgan fingerprint density at radius 3 is 2.69 bits per heavy atom. The van der Waals surface area contributed by atoms with Crippen LogP contribution in [0.2, 0.25) is 0 Å². The van der Waals surface area contributed by atoms with E-state index in [0.717, 1.165) is 44.6 Å². The van der Waals surface area contributed by atoms with Gasteiger partial charge in [-0.2, -0.15) is 0 Å². The molecule has 8 nitrogen and oxygen atoms in total. The van der Waals surface area contributed by atoms with E-state index < -0.39 is 42.3 Å². The third-order valence-electron chi connectivity index (χ3n) is 8.53. The number of halogens is 2. The quantitative estimate of drug-likeness (QED) is 0.378. The van der Waals surface area contributed by atoms with Gasteiger partial charge in [-0.25, -0.2) is 8.78 Å². The van der Waals surface area contributed by atoms with Gasteiger partial charge in [0.15, 0.2) is 11.6 Å². The van der Waals surface area contributed by atoms with Crippen molar-refractivity contribution in [3.63, 3.8) is 0 Å². The smallest absolute Gasteiger partial charge is 0.162 e. The summed E-state index contributed by atoms with van der Waals surface area (Å²) in [5.41, 5.74) is 7.03. The molecular weight excluding hydrogens is 470 g/mol. The number of unbranched alkanes of at least 4 members (excludes halogenated alkanes) is 1. The molecule has 0 amide bonds. The molecule has 0 aromatic heterocycles. The summed E-state index contributed by atoms with van der Waals surface area (Å²) in [6.07, 6.45) is 0.818. The fraction of sp³-hybridized carbons (Fsp3) is 0.769. The van der Waals surface area contributed by atoms with Gasteiger partial charge in [0.2, 0.25) is 0 Å². The largest absolute Gasteiger partial charge is 0.387 e. The molecular formula is C26H40F2N4O4. The monoisotopic (exact) mass is 510 g/mol. The molecule has 0 bridgehead atoms. The molecule has 3 fully saturated rings. The van der Waals surface area contributed by atoms with Crippen LogP contribution >= 0.6 is 0 Å². The first kappa shape index (κ1) is 26.4. The summed E-state index contributed by atoms with van der Waals surface area (Å²) in [7, 11) is 0. The molecule has 0 spiro atoms. The van der Waals surface area contributed by atoms with Gasteiger partial charge in [0.05, 0.1) is 24.6 Å². The average Bonchev–Trinajstić information content (AvgIpc) is 3.41. The van der Waals surface area contributed by atoms with Crippen LogP contribution in [0.25, 0.3) is 0 Å². The Bertz CT molecular complexity index is 941. The molecule has 4 aliphatic heterocycles. The molecule has 5 rings (SSSR count). The molecule has 6 N–H and O–H groups in total. The summed E-state index contributed by atoms with van der Waals surface area (Å²) < 4.78 is 40.5. The molecule has 9 atom stereocenters. The highest BCUT2D eigenvalue weighted by Gasteiger charge is 2.56. The van der Waals surface area contributed by atoms with Gasteiger partial charge in [0.1, 0.15) is 30.6 Å². The van der Waals surface area contributed by atoms with Crippen molar-refractivity contribution < 1.29 is 28.5 Å². The third-order valence-corrected chi connectivity index (χ3v) is 8.53. The Morgan fingerprint density at radius 2 is 1.94 bits per heavy atom. The first-order valence-electron chi connectivity index (χ1n) is 13.5. The zero-order valence-electron chi connectivity index (χ0n) is 21.1. The first-order chi connectivity index (χ1) is 17.3. The molecule has 4 heterocycles. The summed E-state index contributed by atoms with van der Waals surface area (Å²) in [4.78, 5) is 2.07. The summed E-state index contributed by atoms with van der Waals surface area (Å²) in [5.74, 6) is -1.68. The van der Waals surface area contributed by atoms with Gasteiger partial charge < -0.3 is 25.4 Å². The van der Waals surface area contributed by atoms with Crippen molar-refractivity contribution in [2.45, 2.75) is 107 Å². The number of aliphatic hydroxyl groups is 2. The lowest BCUT2D eigenvalue weighted by Crippen LogP contribution is -2.75. The van der Waals surface area contributed by atoms with Crippen LogP contribution in [-0.4, -0.2) is 70.8 Å². The zero-order valence-corrected chi connectivity index (χ0v) is 21.1. The number of nitrogens with two attached hydrogens (primary N) is 1. The highest BCUT2D eigenvalue weighted by molar-refractivity contribution is 5.34. The van der Waals surface area contributed by atoms with E-state index >= 15 is 0 Å². The lowest BCUT2D eigenvalue weighted by molar-refractivity contribution is -0.146. The maximum absolute atomic E-state index is 14.5. The minimum absolute atomic E-state index is 0.118. The molecule has 10 heteroatoms. The molecule has 3 saturated heterocycles. The van der Waals surface area contributed by atoms with E-state index in [4.69, 9.17) is 15.2 Å². The standard InChI is InChI=1S/C26H40F2N4O4/c1-3-5-11-26(10-4-2)30-23(29)16-8-12-32(24(16)31-26)25-20(34)19(33)22(36-25)21-15-6-7-17(27)18(28)14(15)9-13-35-21/h6-7,16,19-25,30-31,33-34H,3-5,8-13,29H2,1-2H3/t16?,19-,20+,21+,22-,23?,24?,25+,26?/m0/s1. The maximum Gasteiger partial charge on any atom is 0.162 e. The van der Waals surface area contributed by atoms with Gasteiger partial charge in [0.25, 0.3) is 0 Å². The summed E-state index contributed by atoms with van der Waals surface area (Å²) in [6, 6.07) is 2.56. The van der Waals surface area contributed by atoms with Gasteiger partial charge in [-0.3, -0.25) is 15.5 Å². The van der Waals surface area contributed by atoms with Crippen LogP contribution in [0, 0.1) is 17.6 Å².